The van der Waals surface area contributed by atoms with E-state index in [0.717, 1.165) is 0 Å². The smallest absolute Gasteiger partial charge is 0.406 e. The summed E-state index contributed by atoms with van der Waals surface area (Å²) in [6, 6.07) is 4.94. The highest BCUT2D eigenvalue weighted by molar-refractivity contribution is 5.85. The van der Waals surface area contributed by atoms with Crippen LogP contribution in [0, 0.1) is 5.41 Å². The maximum Gasteiger partial charge on any atom is 0.573 e. The van der Waals surface area contributed by atoms with Gasteiger partial charge < -0.3 is 15.6 Å². The number of nitrogens with two attached hydrogens (primary N) is 1. The Morgan fingerprint density at radius 2 is 1.62 bits per heavy atom. The molecule has 0 aromatic heterocycles. The van der Waals surface area contributed by atoms with Gasteiger partial charge in [-0.2, -0.15) is 0 Å². The second kappa shape index (κ2) is 7.33. The number of rotatable bonds is 4. The zero-order valence-electron chi connectivity index (χ0n) is 12.1. The third-order valence-corrected chi connectivity index (χ3v) is 3.09. The quantitative estimate of drug-likeness (QED) is 0.884. The molecule has 21 heavy (non-hydrogen) atoms. The standard InChI is InChI=1S/C14H20F3NO2.ClH/c1-13(2,3)12(18)8-11(19)9-4-6-10(7-5-9)20-14(15,16)17;/h4-7,11-12,19H,8,18H2,1-3H3;1H/t11-,12+;/m0./s1. The summed E-state index contributed by atoms with van der Waals surface area (Å²) in [6.45, 7) is 5.89. The first-order valence-corrected chi connectivity index (χ1v) is 6.28. The summed E-state index contributed by atoms with van der Waals surface area (Å²) < 4.78 is 39.8. The Morgan fingerprint density at radius 1 is 1.14 bits per heavy atom. The molecule has 0 amide bonds. The molecule has 0 aliphatic heterocycles. The van der Waals surface area contributed by atoms with E-state index in [1.54, 1.807) is 0 Å². The van der Waals surface area contributed by atoms with Crippen molar-refractivity contribution in [2.45, 2.75) is 45.7 Å². The molecule has 0 unspecified atom stereocenters. The van der Waals surface area contributed by atoms with Crippen molar-refractivity contribution in [1.29, 1.82) is 0 Å². The summed E-state index contributed by atoms with van der Waals surface area (Å²) >= 11 is 0. The fourth-order valence-electron chi connectivity index (χ4n) is 1.62. The normalized spacial score (nSPS) is 15.0. The summed E-state index contributed by atoms with van der Waals surface area (Å²) in [4.78, 5) is 0. The molecule has 0 aliphatic rings. The Kier molecular flexibility index (Phi) is 6.99. The topological polar surface area (TPSA) is 55.5 Å². The summed E-state index contributed by atoms with van der Waals surface area (Å²) in [5.74, 6) is -0.312. The third-order valence-electron chi connectivity index (χ3n) is 3.09. The highest BCUT2D eigenvalue weighted by atomic mass is 35.5. The second-order valence-electron chi connectivity index (χ2n) is 5.84. The summed E-state index contributed by atoms with van der Waals surface area (Å²) in [6.07, 6.45) is -5.19. The molecule has 7 heteroatoms. The summed E-state index contributed by atoms with van der Waals surface area (Å²) in [7, 11) is 0. The van der Waals surface area contributed by atoms with E-state index in [4.69, 9.17) is 5.73 Å². The first kappa shape index (κ1) is 20.0. The zero-order valence-corrected chi connectivity index (χ0v) is 13.0. The van der Waals surface area contributed by atoms with Gasteiger partial charge in [0.15, 0.2) is 0 Å². The van der Waals surface area contributed by atoms with Crippen molar-refractivity contribution < 1.29 is 23.0 Å². The first-order valence-electron chi connectivity index (χ1n) is 6.28. The third kappa shape index (κ3) is 7.02. The van der Waals surface area contributed by atoms with Gasteiger partial charge in [-0.05, 0) is 29.5 Å². The first-order chi connectivity index (χ1) is 8.99. The molecule has 0 bridgehead atoms. The molecular formula is C14H21ClF3NO2. The van der Waals surface area contributed by atoms with E-state index >= 15 is 0 Å². The molecule has 0 heterocycles. The Morgan fingerprint density at radius 3 is 2.00 bits per heavy atom. The maximum absolute atomic E-state index is 12.0. The Balaban J connectivity index is 0.00000400. The molecule has 0 spiro atoms. The Labute approximate surface area is 128 Å². The number of aliphatic hydroxyl groups excluding tert-OH is 1. The monoisotopic (exact) mass is 327 g/mol. The van der Waals surface area contributed by atoms with Crippen molar-refractivity contribution in [2.75, 3.05) is 0 Å². The Bertz CT molecular complexity index is 429. The van der Waals surface area contributed by atoms with Crippen LogP contribution in [0.4, 0.5) is 13.2 Å². The van der Waals surface area contributed by atoms with Gasteiger partial charge in [-0.25, -0.2) is 0 Å². The van der Waals surface area contributed by atoms with Gasteiger partial charge in [-0.15, -0.1) is 25.6 Å². The van der Waals surface area contributed by atoms with Crippen LogP contribution in [0.5, 0.6) is 5.75 Å². The average Bonchev–Trinajstić information content (AvgIpc) is 2.26. The molecule has 1 rings (SSSR count). The van der Waals surface area contributed by atoms with E-state index < -0.39 is 12.5 Å². The van der Waals surface area contributed by atoms with E-state index in [9.17, 15) is 18.3 Å². The molecule has 1 aromatic rings. The van der Waals surface area contributed by atoms with Crippen LogP contribution in [0.2, 0.25) is 0 Å². The van der Waals surface area contributed by atoms with E-state index in [1.165, 1.54) is 24.3 Å². The lowest BCUT2D eigenvalue weighted by Crippen LogP contribution is -2.36. The van der Waals surface area contributed by atoms with Gasteiger partial charge >= 0.3 is 6.36 Å². The molecule has 3 N–H and O–H groups in total. The van der Waals surface area contributed by atoms with Gasteiger partial charge in [0.1, 0.15) is 5.75 Å². The van der Waals surface area contributed by atoms with Crippen LogP contribution in [0.25, 0.3) is 0 Å². The molecule has 2 atom stereocenters. The van der Waals surface area contributed by atoms with Crippen LogP contribution >= 0.6 is 12.4 Å². The van der Waals surface area contributed by atoms with Crippen molar-refractivity contribution in [3.63, 3.8) is 0 Å². The van der Waals surface area contributed by atoms with Gasteiger partial charge in [-0.1, -0.05) is 32.9 Å². The van der Waals surface area contributed by atoms with Gasteiger partial charge in [0.2, 0.25) is 0 Å². The van der Waals surface area contributed by atoms with Crippen molar-refractivity contribution >= 4 is 12.4 Å². The summed E-state index contributed by atoms with van der Waals surface area (Å²) in [5, 5.41) is 10.0. The number of halogens is 4. The highest BCUT2D eigenvalue weighted by Crippen LogP contribution is 2.28. The van der Waals surface area contributed by atoms with Gasteiger partial charge in [0.05, 0.1) is 6.10 Å². The minimum absolute atomic E-state index is 0. The van der Waals surface area contributed by atoms with Crippen LogP contribution in [-0.2, 0) is 0 Å². The van der Waals surface area contributed by atoms with Crippen molar-refractivity contribution in [3.05, 3.63) is 29.8 Å². The number of hydrogen-bond acceptors (Lipinski definition) is 3. The predicted molar refractivity (Wildman–Crippen MR) is 77.4 cm³/mol. The fraction of sp³-hybridized carbons (Fsp3) is 0.571. The van der Waals surface area contributed by atoms with E-state index in [-0.39, 0.29) is 29.6 Å². The minimum Gasteiger partial charge on any atom is -0.406 e. The average molecular weight is 328 g/mol. The van der Waals surface area contributed by atoms with Crippen molar-refractivity contribution in [1.82, 2.24) is 0 Å². The lowest BCUT2D eigenvalue weighted by atomic mass is 9.83. The van der Waals surface area contributed by atoms with Crippen LogP contribution in [0.3, 0.4) is 0 Å². The minimum atomic E-state index is -4.71. The molecule has 0 saturated heterocycles. The maximum atomic E-state index is 12.0. The van der Waals surface area contributed by atoms with Crippen LogP contribution in [0.1, 0.15) is 38.9 Å². The highest BCUT2D eigenvalue weighted by Gasteiger charge is 2.31. The molecule has 3 nitrogen and oxygen atoms in total. The van der Waals surface area contributed by atoms with Gasteiger partial charge in [-0.3, -0.25) is 0 Å². The molecule has 0 fully saturated rings. The van der Waals surface area contributed by atoms with Crippen LogP contribution in [0.15, 0.2) is 24.3 Å². The molecular weight excluding hydrogens is 307 g/mol. The number of benzene rings is 1. The number of aliphatic hydroxyl groups is 1. The summed E-state index contributed by atoms with van der Waals surface area (Å²) in [5.41, 5.74) is 6.33. The lowest BCUT2D eigenvalue weighted by Gasteiger charge is -2.29. The molecule has 0 saturated carbocycles. The molecule has 1 aromatic carbocycles. The number of alkyl halides is 3. The van der Waals surface area contributed by atoms with E-state index in [2.05, 4.69) is 4.74 Å². The zero-order chi connectivity index (χ0) is 15.6. The van der Waals surface area contributed by atoms with Crippen LogP contribution < -0.4 is 10.5 Å². The second-order valence-corrected chi connectivity index (χ2v) is 5.84. The Hall–Kier alpha value is -0.980. The van der Waals surface area contributed by atoms with Crippen LogP contribution in [-0.4, -0.2) is 17.5 Å². The van der Waals surface area contributed by atoms with Crippen molar-refractivity contribution in [2.24, 2.45) is 11.1 Å². The largest absolute Gasteiger partial charge is 0.573 e. The number of ether oxygens (including phenoxy) is 1. The van der Waals surface area contributed by atoms with Gasteiger partial charge in [0.25, 0.3) is 0 Å². The predicted octanol–water partition coefficient (Wildman–Crippen LogP) is 3.80. The molecule has 122 valence electrons. The molecule has 0 aliphatic carbocycles. The van der Waals surface area contributed by atoms with Gasteiger partial charge in [0, 0.05) is 6.04 Å². The van der Waals surface area contributed by atoms with E-state index in [1.807, 2.05) is 20.8 Å². The van der Waals surface area contributed by atoms with E-state index in [0.29, 0.717) is 12.0 Å². The molecule has 0 radical (unpaired) electrons. The lowest BCUT2D eigenvalue weighted by molar-refractivity contribution is -0.274. The fourth-order valence-corrected chi connectivity index (χ4v) is 1.62. The number of hydrogen-bond donors (Lipinski definition) is 2. The van der Waals surface area contributed by atoms with Crippen molar-refractivity contribution in [3.8, 4) is 5.75 Å². The SMILES string of the molecule is CC(C)(C)[C@H](N)C[C@H](O)c1ccc(OC(F)(F)F)cc1.Cl.